The van der Waals surface area contributed by atoms with Crippen molar-refractivity contribution < 1.29 is 39.1 Å². The number of nitro groups is 1. The van der Waals surface area contributed by atoms with Crippen LogP contribution in [-0.2, 0) is 25.6 Å². The van der Waals surface area contributed by atoms with Crippen LogP contribution in [0.25, 0.3) is 0 Å². The van der Waals surface area contributed by atoms with Crippen molar-refractivity contribution in [1.82, 2.24) is 5.32 Å². The maximum absolute atomic E-state index is 13.9. The van der Waals surface area contributed by atoms with E-state index in [-0.39, 0.29) is 29.3 Å². The molecule has 2 aliphatic rings. The highest BCUT2D eigenvalue weighted by atomic mass is 16.6. The van der Waals surface area contributed by atoms with E-state index in [0.717, 1.165) is 11.0 Å². The maximum atomic E-state index is 13.9. The van der Waals surface area contributed by atoms with E-state index >= 15 is 0 Å². The van der Waals surface area contributed by atoms with Crippen LogP contribution in [0.5, 0.6) is 11.5 Å². The zero-order valence-electron chi connectivity index (χ0n) is 21.0. The number of ether oxygens (including phenoxy) is 1. The van der Waals surface area contributed by atoms with Gasteiger partial charge in [-0.1, -0.05) is 30.3 Å². The lowest BCUT2D eigenvalue weighted by Crippen LogP contribution is -2.57. The van der Waals surface area contributed by atoms with Gasteiger partial charge in [0, 0.05) is 31.5 Å². The number of carboxylic acid groups (broad SMARTS) is 1. The Bertz CT molecular complexity index is 1540. The largest absolute Gasteiger partial charge is 0.508 e. The number of nitrogens with zero attached hydrogens (tertiary/aromatic N) is 2. The number of phenols is 1. The molecule has 0 aliphatic carbocycles. The van der Waals surface area contributed by atoms with Crippen molar-refractivity contribution in [2.45, 2.75) is 24.9 Å². The number of rotatable bonds is 7. The average molecular weight is 546 g/mol. The van der Waals surface area contributed by atoms with Gasteiger partial charge in [0.05, 0.1) is 22.4 Å². The molecule has 4 atom stereocenters. The molecule has 2 fully saturated rings. The molecule has 2 heterocycles. The Kier molecular flexibility index (Phi) is 6.56. The van der Waals surface area contributed by atoms with Crippen molar-refractivity contribution in [2.24, 2.45) is 11.8 Å². The molecule has 12 heteroatoms. The standard InChI is InChI=1S/C28H23N3O9/c1-15(32)40-21-11-7-17(8-12-21)24-22-23(28(29-24,27(36)37)14-16-5-9-20(33)10-6-16)26(35)30(25(22)34)18-3-2-4-19(13-18)31(38)39/h2-13,22-24,29,33H,14H2,1H3,(H,36,37). The maximum Gasteiger partial charge on any atom is 0.325 e. The van der Waals surface area contributed by atoms with E-state index in [1.807, 2.05) is 0 Å². The first-order chi connectivity index (χ1) is 19.0. The van der Waals surface area contributed by atoms with E-state index in [1.54, 1.807) is 12.1 Å². The van der Waals surface area contributed by atoms with Gasteiger partial charge in [0.1, 0.15) is 17.0 Å². The third kappa shape index (κ3) is 4.43. The fourth-order valence-electron chi connectivity index (χ4n) is 5.57. The number of hydrogen-bond acceptors (Lipinski definition) is 9. The van der Waals surface area contributed by atoms with Crippen LogP contribution in [0.3, 0.4) is 0 Å². The van der Waals surface area contributed by atoms with E-state index < -0.39 is 52.1 Å². The summed E-state index contributed by atoms with van der Waals surface area (Å²) in [4.78, 5) is 63.6. The van der Waals surface area contributed by atoms with Crippen LogP contribution in [0.2, 0.25) is 0 Å². The zero-order valence-corrected chi connectivity index (χ0v) is 21.0. The van der Waals surface area contributed by atoms with Crippen molar-refractivity contribution in [3.8, 4) is 11.5 Å². The summed E-state index contributed by atoms with van der Waals surface area (Å²) in [7, 11) is 0. The van der Waals surface area contributed by atoms with Gasteiger partial charge < -0.3 is 14.9 Å². The van der Waals surface area contributed by atoms with Gasteiger partial charge in [-0.05, 0) is 41.5 Å². The molecule has 204 valence electrons. The van der Waals surface area contributed by atoms with Crippen molar-refractivity contribution in [2.75, 3.05) is 4.90 Å². The normalized spacial score (nSPS) is 23.6. The number of amides is 2. The molecule has 3 aromatic rings. The molecule has 2 amide bonds. The number of carbonyl (C=O) groups is 4. The van der Waals surface area contributed by atoms with Gasteiger partial charge in [-0.15, -0.1) is 0 Å². The molecule has 3 N–H and O–H groups in total. The Morgan fingerprint density at radius 1 is 1.05 bits per heavy atom. The third-order valence-electron chi connectivity index (χ3n) is 7.25. The van der Waals surface area contributed by atoms with Crippen LogP contribution in [0.4, 0.5) is 11.4 Å². The predicted molar refractivity (Wildman–Crippen MR) is 138 cm³/mol. The van der Waals surface area contributed by atoms with Gasteiger partial charge in [-0.25, -0.2) is 4.90 Å². The number of carboxylic acids is 1. The number of carbonyl (C=O) groups excluding carboxylic acids is 3. The van der Waals surface area contributed by atoms with Crippen molar-refractivity contribution >= 4 is 35.1 Å². The summed E-state index contributed by atoms with van der Waals surface area (Å²) in [6.07, 6.45) is -0.201. The molecular weight excluding hydrogens is 522 g/mol. The van der Waals surface area contributed by atoms with Gasteiger partial charge >= 0.3 is 11.9 Å². The summed E-state index contributed by atoms with van der Waals surface area (Å²) in [5.41, 5.74) is -1.35. The quantitative estimate of drug-likeness (QED) is 0.132. The number of imide groups is 1. The van der Waals surface area contributed by atoms with Gasteiger partial charge in [0.2, 0.25) is 11.8 Å². The highest BCUT2D eigenvalue weighted by molar-refractivity contribution is 6.24. The second kappa shape index (κ2) is 9.89. The lowest BCUT2D eigenvalue weighted by molar-refractivity contribution is -0.384. The molecule has 0 radical (unpaired) electrons. The van der Waals surface area contributed by atoms with Crippen molar-refractivity contribution in [1.29, 1.82) is 0 Å². The molecule has 0 bridgehead atoms. The summed E-state index contributed by atoms with van der Waals surface area (Å²) in [5, 5.41) is 34.7. The highest BCUT2D eigenvalue weighted by Crippen LogP contribution is 2.51. The van der Waals surface area contributed by atoms with E-state index in [1.165, 1.54) is 61.5 Å². The number of aliphatic carboxylic acids is 1. The van der Waals surface area contributed by atoms with Crippen LogP contribution in [0.1, 0.15) is 24.1 Å². The number of benzene rings is 3. The van der Waals surface area contributed by atoms with E-state index in [2.05, 4.69) is 5.32 Å². The Labute approximate surface area is 226 Å². The molecule has 40 heavy (non-hydrogen) atoms. The molecule has 5 rings (SSSR count). The first-order valence-electron chi connectivity index (χ1n) is 12.2. The molecule has 0 saturated carbocycles. The Balaban J connectivity index is 1.62. The number of nitro benzene ring substituents is 1. The number of anilines is 1. The Hall–Kier alpha value is -5.10. The number of phenolic OH excluding ortho intramolecular Hbond substituents is 1. The second-order valence-corrected chi connectivity index (χ2v) is 9.70. The molecule has 2 saturated heterocycles. The van der Waals surface area contributed by atoms with Crippen LogP contribution < -0.4 is 15.0 Å². The Morgan fingerprint density at radius 2 is 1.73 bits per heavy atom. The van der Waals surface area contributed by atoms with Crippen LogP contribution >= 0.6 is 0 Å². The average Bonchev–Trinajstić information content (AvgIpc) is 3.39. The fraction of sp³-hybridized carbons (Fsp3) is 0.214. The van der Waals surface area contributed by atoms with Crippen LogP contribution in [0, 0.1) is 22.0 Å². The summed E-state index contributed by atoms with van der Waals surface area (Å²) in [6.45, 7) is 1.24. The molecule has 4 unspecified atom stereocenters. The summed E-state index contributed by atoms with van der Waals surface area (Å²) < 4.78 is 5.07. The van der Waals surface area contributed by atoms with Gasteiger partial charge in [-0.2, -0.15) is 0 Å². The molecule has 0 aromatic heterocycles. The lowest BCUT2D eigenvalue weighted by atomic mass is 9.76. The summed E-state index contributed by atoms with van der Waals surface area (Å²) in [5.74, 6) is -5.73. The first-order valence-corrected chi connectivity index (χ1v) is 12.2. The minimum absolute atomic E-state index is 0.0277. The minimum atomic E-state index is -1.94. The second-order valence-electron chi connectivity index (χ2n) is 9.70. The van der Waals surface area contributed by atoms with E-state index in [0.29, 0.717) is 11.1 Å². The summed E-state index contributed by atoms with van der Waals surface area (Å²) >= 11 is 0. The van der Waals surface area contributed by atoms with Gasteiger partial charge in [-0.3, -0.25) is 34.6 Å². The topological polar surface area (TPSA) is 176 Å². The molecular formula is C28H23N3O9. The van der Waals surface area contributed by atoms with Crippen molar-refractivity contribution in [3.05, 3.63) is 94.0 Å². The number of hydrogen-bond donors (Lipinski definition) is 3. The summed E-state index contributed by atoms with van der Waals surface area (Å²) in [6, 6.07) is 16.0. The van der Waals surface area contributed by atoms with E-state index in [4.69, 9.17) is 4.74 Å². The van der Waals surface area contributed by atoms with Crippen LogP contribution in [0.15, 0.2) is 72.8 Å². The zero-order chi connectivity index (χ0) is 28.8. The third-order valence-corrected chi connectivity index (χ3v) is 7.25. The number of esters is 1. The highest BCUT2D eigenvalue weighted by Gasteiger charge is 2.68. The smallest absolute Gasteiger partial charge is 0.325 e. The Morgan fingerprint density at radius 3 is 2.33 bits per heavy atom. The van der Waals surface area contributed by atoms with Gasteiger partial charge in [0.15, 0.2) is 0 Å². The molecule has 3 aromatic carbocycles. The molecule has 12 nitrogen and oxygen atoms in total. The van der Waals surface area contributed by atoms with Crippen LogP contribution in [-0.4, -0.2) is 44.4 Å². The first kappa shape index (κ1) is 26.5. The minimum Gasteiger partial charge on any atom is -0.508 e. The number of fused-ring (bicyclic) bond motifs is 1. The number of aromatic hydroxyl groups is 1. The monoisotopic (exact) mass is 545 g/mol. The number of non-ortho nitro benzene ring substituents is 1. The fourth-order valence-corrected chi connectivity index (χ4v) is 5.57. The lowest BCUT2D eigenvalue weighted by Gasteiger charge is -2.31. The number of nitrogens with one attached hydrogen (secondary N) is 1. The SMILES string of the molecule is CC(=O)Oc1ccc(C2NC(Cc3ccc(O)cc3)(C(=O)O)C3C(=O)N(c4cccc([N+](=O)[O-])c4)C(=O)C23)cc1. The molecule has 0 spiro atoms. The van der Waals surface area contributed by atoms with Gasteiger partial charge in [0.25, 0.3) is 5.69 Å². The van der Waals surface area contributed by atoms with Crippen molar-refractivity contribution in [3.63, 3.8) is 0 Å². The van der Waals surface area contributed by atoms with E-state index in [9.17, 15) is 39.5 Å². The molecule has 2 aliphatic heterocycles. The predicted octanol–water partition coefficient (Wildman–Crippen LogP) is 2.74.